The second kappa shape index (κ2) is 7.20. The molecule has 0 unspecified atom stereocenters. The van der Waals surface area contributed by atoms with E-state index in [1.165, 1.54) is 6.07 Å². The predicted octanol–water partition coefficient (Wildman–Crippen LogP) is 2.38. The van der Waals surface area contributed by atoms with Gasteiger partial charge in [-0.25, -0.2) is 14.4 Å². The summed E-state index contributed by atoms with van der Waals surface area (Å²) >= 11 is 0. The molecule has 3 rings (SSSR count). The topological polar surface area (TPSA) is 101 Å². The van der Waals surface area contributed by atoms with Crippen LogP contribution in [0.5, 0.6) is 0 Å². The zero-order valence-corrected chi connectivity index (χ0v) is 13.3. The van der Waals surface area contributed by atoms with Crippen LogP contribution in [0.3, 0.4) is 0 Å². The lowest BCUT2D eigenvalue weighted by Gasteiger charge is -2.31. The van der Waals surface area contributed by atoms with E-state index in [4.69, 9.17) is 0 Å². The molecule has 130 valence electrons. The number of carbonyl (C=O) groups excluding carboxylic acids is 1. The number of hydrogen-bond donors (Lipinski definition) is 1. The van der Waals surface area contributed by atoms with E-state index in [-0.39, 0.29) is 17.5 Å². The Morgan fingerprint density at radius 2 is 2.12 bits per heavy atom. The Balaban J connectivity index is 1.72. The van der Waals surface area contributed by atoms with Crippen molar-refractivity contribution in [3.63, 3.8) is 0 Å². The van der Waals surface area contributed by atoms with Gasteiger partial charge in [0.1, 0.15) is 11.5 Å². The molecule has 1 fully saturated rings. The van der Waals surface area contributed by atoms with Gasteiger partial charge in [0.25, 0.3) is 5.69 Å². The van der Waals surface area contributed by atoms with E-state index in [2.05, 4.69) is 15.3 Å². The van der Waals surface area contributed by atoms with Crippen molar-refractivity contribution in [2.75, 3.05) is 23.3 Å². The summed E-state index contributed by atoms with van der Waals surface area (Å²) in [6.07, 6.45) is 4.70. The Bertz CT molecular complexity index is 787. The first-order valence-electron chi connectivity index (χ1n) is 7.81. The zero-order chi connectivity index (χ0) is 17.8. The lowest BCUT2D eigenvalue weighted by Crippen LogP contribution is -2.41. The second-order valence-electron chi connectivity index (χ2n) is 5.74. The molecule has 0 bridgehead atoms. The number of nitro groups is 1. The number of nitrogens with zero attached hydrogens (tertiary/aromatic N) is 4. The number of anilines is 2. The van der Waals surface area contributed by atoms with E-state index in [0.717, 1.165) is 25.1 Å². The number of aromatic nitrogens is 2. The predicted molar refractivity (Wildman–Crippen MR) is 88.7 cm³/mol. The van der Waals surface area contributed by atoms with Gasteiger partial charge in [-0.05, 0) is 31.0 Å². The largest absolute Gasteiger partial charge is 0.340 e. The van der Waals surface area contributed by atoms with Gasteiger partial charge in [-0.3, -0.25) is 14.9 Å². The molecule has 8 nitrogen and oxygen atoms in total. The monoisotopic (exact) mass is 345 g/mol. The number of halogens is 1. The summed E-state index contributed by atoms with van der Waals surface area (Å²) in [4.78, 5) is 33.1. The molecule has 1 amide bonds. The third-order valence-corrected chi connectivity index (χ3v) is 4.04. The minimum atomic E-state index is -0.727. The number of benzene rings is 1. The van der Waals surface area contributed by atoms with Crippen molar-refractivity contribution in [3.05, 3.63) is 52.6 Å². The lowest BCUT2D eigenvalue weighted by atomic mass is 9.97. The molecule has 1 N–H and O–H groups in total. The van der Waals surface area contributed by atoms with Crippen molar-refractivity contribution in [2.45, 2.75) is 12.8 Å². The summed E-state index contributed by atoms with van der Waals surface area (Å²) in [5, 5.41) is 13.6. The van der Waals surface area contributed by atoms with Crippen LogP contribution in [-0.2, 0) is 4.79 Å². The third-order valence-electron chi connectivity index (χ3n) is 4.04. The Hall–Kier alpha value is -3.10. The lowest BCUT2D eigenvalue weighted by molar-refractivity contribution is -0.384. The molecule has 2 aromatic rings. The molecule has 1 aromatic heterocycles. The molecule has 1 aliphatic rings. The van der Waals surface area contributed by atoms with Gasteiger partial charge in [0.15, 0.2) is 0 Å². The maximum absolute atomic E-state index is 13.2. The van der Waals surface area contributed by atoms with E-state index in [0.29, 0.717) is 18.9 Å². The highest BCUT2D eigenvalue weighted by Gasteiger charge is 2.28. The van der Waals surface area contributed by atoms with Crippen LogP contribution in [0, 0.1) is 21.8 Å². The van der Waals surface area contributed by atoms with Crippen LogP contribution in [0.1, 0.15) is 12.8 Å². The summed E-state index contributed by atoms with van der Waals surface area (Å²) in [5.74, 6) is -0.875. The van der Waals surface area contributed by atoms with E-state index >= 15 is 0 Å². The Labute approximate surface area is 142 Å². The van der Waals surface area contributed by atoms with Crippen LogP contribution < -0.4 is 10.2 Å². The Morgan fingerprint density at radius 1 is 1.36 bits per heavy atom. The molecule has 1 atom stereocenters. The zero-order valence-electron chi connectivity index (χ0n) is 13.3. The summed E-state index contributed by atoms with van der Waals surface area (Å²) in [6.45, 7) is 1.16. The summed E-state index contributed by atoms with van der Waals surface area (Å²) in [6, 6.07) is 4.78. The van der Waals surface area contributed by atoms with Crippen LogP contribution in [0.2, 0.25) is 0 Å². The SMILES string of the molecule is O=C(Nc1ccc(F)cc1[N+](=O)[O-])[C@H]1CCCN(c2ncccn2)C1. The van der Waals surface area contributed by atoms with Crippen molar-refractivity contribution in [2.24, 2.45) is 5.92 Å². The molecule has 1 aromatic carbocycles. The van der Waals surface area contributed by atoms with Gasteiger partial charge in [-0.15, -0.1) is 0 Å². The number of nitrogens with one attached hydrogen (secondary N) is 1. The van der Waals surface area contributed by atoms with Crippen LogP contribution in [0.25, 0.3) is 0 Å². The number of nitro benzene ring substituents is 1. The smallest absolute Gasteiger partial charge is 0.295 e. The Kier molecular flexibility index (Phi) is 4.82. The van der Waals surface area contributed by atoms with Gasteiger partial charge < -0.3 is 10.2 Å². The van der Waals surface area contributed by atoms with Crippen molar-refractivity contribution in [1.82, 2.24) is 9.97 Å². The van der Waals surface area contributed by atoms with Gasteiger partial charge in [0.05, 0.1) is 16.9 Å². The highest BCUT2D eigenvalue weighted by molar-refractivity contribution is 5.95. The average molecular weight is 345 g/mol. The minimum Gasteiger partial charge on any atom is -0.340 e. The number of rotatable bonds is 4. The summed E-state index contributed by atoms with van der Waals surface area (Å²) < 4.78 is 13.2. The van der Waals surface area contributed by atoms with Crippen LogP contribution >= 0.6 is 0 Å². The van der Waals surface area contributed by atoms with Crippen LogP contribution in [0.15, 0.2) is 36.7 Å². The summed E-state index contributed by atoms with van der Waals surface area (Å²) in [5.41, 5.74) is -0.475. The first-order valence-corrected chi connectivity index (χ1v) is 7.81. The highest BCUT2D eigenvalue weighted by atomic mass is 19.1. The van der Waals surface area contributed by atoms with Gasteiger partial charge in [0.2, 0.25) is 11.9 Å². The molecular weight excluding hydrogens is 329 g/mol. The first kappa shape index (κ1) is 16.7. The van der Waals surface area contributed by atoms with Crippen molar-refractivity contribution in [1.29, 1.82) is 0 Å². The third kappa shape index (κ3) is 3.87. The summed E-state index contributed by atoms with van der Waals surface area (Å²) in [7, 11) is 0. The molecule has 0 radical (unpaired) electrons. The van der Waals surface area contributed by atoms with Crippen molar-refractivity contribution in [3.8, 4) is 0 Å². The maximum atomic E-state index is 13.2. The molecule has 0 spiro atoms. The number of hydrogen-bond acceptors (Lipinski definition) is 6. The molecule has 1 aliphatic heterocycles. The molecule has 1 saturated heterocycles. The fraction of sp³-hybridized carbons (Fsp3) is 0.312. The molecule has 25 heavy (non-hydrogen) atoms. The quantitative estimate of drug-likeness (QED) is 0.674. The van der Waals surface area contributed by atoms with Crippen LogP contribution in [0.4, 0.5) is 21.7 Å². The molecule has 0 saturated carbocycles. The number of amides is 1. The first-order chi connectivity index (χ1) is 12.0. The van der Waals surface area contributed by atoms with Gasteiger partial charge in [-0.1, -0.05) is 0 Å². The molecular formula is C16H16FN5O3. The molecule has 9 heteroatoms. The average Bonchev–Trinajstić information content (AvgIpc) is 2.64. The standard InChI is InChI=1S/C16H16FN5O3/c17-12-4-5-13(14(9-12)22(24)25)20-15(23)11-3-1-8-21(10-11)16-18-6-2-7-19-16/h2,4-7,9,11H,1,3,8,10H2,(H,20,23)/t11-/m0/s1. The Morgan fingerprint density at radius 3 is 2.84 bits per heavy atom. The second-order valence-corrected chi connectivity index (χ2v) is 5.74. The number of carbonyl (C=O) groups is 1. The molecule has 0 aliphatic carbocycles. The molecule has 2 heterocycles. The van der Waals surface area contributed by atoms with E-state index < -0.39 is 16.4 Å². The fourth-order valence-corrected chi connectivity index (χ4v) is 2.82. The van der Waals surface area contributed by atoms with Gasteiger partial charge >= 0.3 is 0 Å². The van der Waals surface area contributed by atoms with E-state index in [1.54, 1.807) is 18.5 Å². The van der Waals surface area contributed by atoms with Crippen molar-refractivity contribution >= 4 is 23.2 Å². The normalized spacial score (nSPS) is 17.2. The highest BCUT2D eigenvalue weighted by Crippen LogP contribution is 2.27. The van der Waals surface area contributed by atoms with Gasteiger partial charge in [0, 0.05) is 25.5 Å². The fourth-order valence-electron chi connectivity index (χ4n) is 2.82. The van der Waals surface area contributed by atoms with E-state index in [1.807, 2.05) is 4.90 Å². The van der Waals surface area contributed by atoms with Gasteiger partial charge in [-0.2, -0.15) is 0 Å². The number of piperidine rings is 1. The van der Waals surface area contributed by atoms with Crippen molar-refractivity contribution < 1.29 is 14.1 Å². The van der Waals surface area contributed by atoms with E-state index in [9.17, 15) is 19.3 Å². The van der Waals surface area contributed by atoms with Crippen LogP contribution in [-0.4, -0.2) is 33.9 Å². The minimum absolute atomic E-state index is 0.00974. The maximum Gasteiger partial charge on any atom is 0.295 e.